The van der Waals surface area contributed by atoms with E-state index < -0.39 is 0 Å². The molecule has 31 heavy (non-hydrogen) atoms. The van der Waals surface area contributed by atoms with E-state index in [1.807, 2.05) is 54.9 Å². The standard InChI is InChI=1S/C25H25N3O2S/c1-18(2)24-26-12-13-28(24)16-19-7-6-8-21(15-19)27-25(29)23-20(11-14-30-23)17-31-22-9-4-3-5-10-22/h3-15,18H,16-17H2,1-2H3,(H,27,29). The lowest BCUT2D eigenvalue weighted by atomic mass is 10.1. The highest BCUT2D eigenvalue weighted by molar-refractivity contribution is 7.98. The topological polar surface area (TPSA) is 60.1 Å². The van der Waals surface area contributed by atoms with Crippen LogP contribution in [-0.2, 0) is 12.3 Å². The van der Waals surface area contributed by atoms with Crippen molar-refractivity contribution in [3.63, 3.8) is 0 Å². The summed E-state index contributed by atoms with van der Waals surface area (Å²) in [5, 5.41) is 2.97. The Kier molecular flexibility index (Phi) is 6.57. The third-order valence-corrected chi connectivity index (χ3v) is 5.95. The fraction of sp³-hybridized carbons (Fsp3) is 0.200. The molecule has 5 nitrogen and oxygen atoms in total. The van der Waals surface area contributed by atoms with Gasteiger partial charge in [0, 0.05) is 46.8 Å². The van der Waals surface area contributed by atoms with Crippen LogP contribution in [0, 0.1) is 0 Å². The Labute approximate surface area is 186 Å². The van der Waals surface area contributed by atoms with E-state index in [4.69, 9.17) is 4.42 Å². The second-order valence-corrected chi connectivity index (χ2v) is 8.65. The normalized spacial score (nSPS) is 11.1. The molecular formula is C25H25N3O2S. The van der Waals surface area contributed by atoms with Gasteiger partial charge in [0.1, 0.15) is 5.82 Å². The zero-order valence-corrected chi connectivity index (χ0v) is 18.4. The molecule has 0 aliphatic carbocycles. The summed E-state index contributed by atoms with van der Waals surface area (Å²) in [6.45, 7) is 4.97. The van der Waals surface area contributed by atoms with Gasteiger partial charge in [-0.15, -0.1) is 11.8 Å². The monoisotopic (exact) mass is 431 g/mol. The molecule has 0 unspecified atom stereocenters. The van der Waals surface area contributed by atoms with Crippen molar-refractivity contribution in [3.05, 3.63) is 102 Å². The molecule has 2 aromatic heterocycles. The van der Waals surface area contributed by atoms with Gasteiger partial charge in [0.15, 0.2) is 5.76 Å². The number of carbonyl (C=O) groups excluding carboxylic acids is 1. The number of carbonyl (C=O) groups is 1. The van der Waals surface area contributed by atoms with Gasteiger partial charge in [-0.1, -0.05) is 44.2 Å². The number of nitrogens with zero attached hydrogens (tertiary/aromatic N) is 2. The molecule has 158 valence electrons. The summed E-state index contributed by atoms with van der Waals surface area (Å²) in [4.78, 5) is 18.4. The third-order valence-electron chi connectivity index (χ3n) is 4.89. The highest BCUT2D eigenvalue weighted by Gasteiger charge is 2.16. The third kappa shape index (κ3) is 5.27. The van der Waals surface area contributed by atoms with E-state index in [0.717, 1.165) is 27.5 Å². The Morgan fingerprint density at radius 1 is 1.13 bits per heavy atom. The maximum atomic E-state index is 12.8. The molecule has 1 N–H and O–H groups in total. The van der Waals surface area contributed by atoms with E-state index in [2.05, 4.69) is 46.9 Å². The second-order valence-electron chi connectivity index (χ2n) is 7.60. The molecule has 0 spiro atoms. The van der Waals surface area contributed by atoms with Crippen LogP contribution in [0.25, 0.3) is 0 Å². The van der Waals surface area contributed by atoms with Gasteiger partial charge in [0.05, 0.1) is 6.26 Å². The van der Waals surface area contributed by atoms with Gasteiger partial charge in [-0.2, -0.15) is 0 Å². The highest BCUT2D eigenvalue weighted by Crippen LogP contribution is 2.25. The van der Waals surface area contributed by atoms with Crippen LogP contribution in [0.5, 0.6) is 0 Å². The van der Waals surface area contributed by atoms with Crippen molar-refractivity contribution in [1.29, 1.82) is 0 Å². The lowest BCUT2D eigenvalue weighted by Gasteiger charge is -2.12. The first-order chi connectivity index (χ1) is 15.1. The van der Waals surface area contributed by atoms with E-state index in [1.54, 1.807) is 18.0 Å². The highest BCUT2D eigenvalue weighted by atomic mass is 32.2. The van der Waals surface area contributed by atoms with Crippen molar-refractivity contribution >= 4 is 23.4 Å². The molecule has 0 aliphatic heterocycles. The first kappa shape index (κ1) is 21.0. The second kappa shape index (κ2) is 9.71. The molecule has 2 heterocycles. The summed E-state index contributed by atoms with van der Waals surface area (Å²) >= 11 is 1.68. The molecule has 2 aromatic carbocycles. The van der Waals surface area contributed by atoms with Crippen LogP contribution in [0.2, 0.25) is 0 Å². The number of hydrogen-bond donors (Lipinski definition) is 1. The van der Waals surface area contributed by atoms with Crippen LogP contribution in [0.15, 0.2) is 88.6 Å². The van der Waals surface area contributed by atoms with E-state index in [1.165, 1.54) is 0 Å². The average Bonchev–Trinajstić information content (AvgIpc) is 3.43. The maximum Gasteiger partial charge on any atom is 0.291 e. The molecule has 0 radical (unpaired) electrons. The van der Waals surface area contributed by atoms with Crippen molar-refractivity contribution in [2.75, 3.05) is 5.32 Å². The fourth-order valence-electron chi connectivity index (χ4n) is 3.41. The summed E-state index contributed by atoms with van der Waals surface area (Å²) < 4.78 is 7.64. The van der Waals surface area contributed by atoms with Gasteiger partial charge < -0.3 is 14.3 Å². The minimum absolute atomic E-state index is 0.240. The number of imidazole rings is 1. The van der Waals surface area contributed by atoms with Crippen molar-refractivity contribution in [2.24, 2.45) is 0 Å². The summed E-state index contributed by atoms with van der Waals surface area (Å²) in [7, 11) is 0. The van der Waals surface area contributed by atoms with Crippen LogP contribution < -0.4 is 5.32 Å². The predicted molar refractivity (Wildman–Crippen MR) is 125 cm³/mol. The van der Waals surface area contributed by atoms with Crippen molar-refractivity contribution in [1.82, 2.24) is 9.55 Å². The number of benzene rings is 2. The minimum atomic E-state index is -0.240. The molecule has 0 bridgehead atoms. The quantitative estimate of drug-likeness (QED) is 0.338. The van der Waals surface area contributed by atoms with Crippen LogP contribution in [0.3, 0.4) is 0 Å². The van der Waals surface area contributed by atoms with Gasteiger partial charge in [-0.3, -0.25) is 4.79 Å². The molecule has 1 amide bonds. The number of rotatable bonds is 8. The Morgan fingerprint density at radius 2 is 1.97 bits per heavy atom. The van der Waals surface area contributed by atoms with E-state index in [0.29, 0.717) is 24.0 Å². The molecule has 0 saturated carbocycles. The number of amides is 1. The van der Waals surface area contributed by atoms with E-state index in [-0.39, 0.29) is 5.91 Å². The fourth-order valence-corrected chi connectivity index (χ4v) is 4.31. The summed E-state index contributed by atoms with van der Waals surface area (Å²) in [6, 6.07) is 19.8. The van der Waals surface area contributed by atoms with Crippen molar-refractivity contribution < 1.29 is 9.21 Å². The first-order valence-electron chi connectivity index (χ1n) is 10.3. The predicted octanol–water partition coefficient (Wildman–Crippen LogP) is 6.19. The zero-order valence-electron chi connectivity index (χ0n) is 17.6. The van der Waals surface area contributed by atoms with Gasteiger partial charge in [0.25, 0.3) is 5.91 Å². The lowest BCUT2D eigenvalue weighted by Crippen LogP contribution is -2.13. The summed E-state index contributed by atoms with van der Waals surface area (Å²) in [5.41, 5.74) is 2.71. The van der Waals surface area contributed by atoms with Crippen LogP contribution >= 0.6 is 11.8 Å². The Balaban J connectivity index is 1.43. The van der Waals surface area contributed by atoms with Gasteiger partial charge >= 0.3 is 0 Å². The Hall–Kier alpha value is -3.25. The number of nitrogens with one attached hydrogen (secondary N) is 1. The number of thioether (sulfide) groups is 1. The van der Waals surface area contributed by atoms with Gasteiger partial charge in [-0.25, -0.2) is 4.98 Å². The number of aromatic nitrogens is 2. The molecule has 6 heteroatoms. The van der Waals surface area contributed by atoms with Crippen LogP contribution in [0.1, 0.15) is 47.3 Å². The van der Waals surface area contributed by atoms with Gasteiger partial charge in [0.2, 0.25) is 0 Å². The number of anilines is 1. The van der Waals surface area contributed by atoms with E-state index >= 15 is 0 Å². The molecule has 4 rings (SSSR count). The largest absolute Gasteiger partial charge is 0.459 e. The molecule has 0 atom stereocenters. The Bertz CT molecular complexity index is 1150. The molecule has 0 fully saturated rings. The molecule has 0 aliphatic rings. The van der Waals surface area contributed by atoms with Crippen LogP contribution in [-0.4, -0.2) is 15.5 Å². The molecular weight excluding hydrogens is 406 g/mol. The SMILES string of the molecule is CC(C)c1nccn1Cc1cccc(NC(=O)c2occc2CSc2ccccc2)c1. The van der Waals surface area contributed by atoms with Crippen molar-refractivity contribution in [3.8, 4) is 0 Å². The van der Waals surface area contributed by atoms with E-state index in [9.17, 15) is 4.79 Å². The maximum absolute atomic E-state index is 12.8. The number of furan rings is 1. The summed E-state index contributed by atoms with van der Waals surface area (Å²) in [5.74, 6) is 2.18. The lowest BCUT2D eigenvalue weighted by molar-refractivity contribution is 0.0996. The Morgan fingerprint density at radius 3 is 2.77 bits per heavy atom. The van der Waals surface area contributed by atoms with Crippen LogP contribution in [0.4, 0.5) is 5.69 Å². The zero-order chi connectivity index (χ0) is 21.6. The van der Waals surface area contributed by atoms with Crippen molar-refractivity contribution in [2.45, 2.75) is 37.0 Å². The van der Waals surface area contributed by atoms with Gasteiger partial charge in [-0.05, 0) is 35.9 Å². The first-order valence-corrected chi connectivity index (χ1v) is 11.2. The smallest absolute Gasteiger partial charge is 0.291 e. The summed E-state index contributed by atoms with van der Waals surface area (Å²) in [6.07, 6.45) is 5.38. The number of hydrogen-bond acceptors (Lipinski definition) is 4. The molecule has 4 aromatic rings. The average molecular weight is 432 g/mol. The molecule has 0 saturated heterocycles. The minimum Gasteiger partial charge on any atom is -0.459 e.